The Morgan fingerprint density at radius 2 is 1.72 bits per heavy atom. The molecule has 0 amide bonds. The lowest BCUT2D eigenvalue weighted by molar-refractivity contribution is -0.384. The molecule has 0 spiro atoms. The number of sulfonamides is 1. The first-order valence-corrected chi connectivity index (χ1v) is 11.0. The summed E-state index contributed by atoms with van der Waals surface area (Å²) in [5.74, 6) is 0. The number of nitro groups is 1. The van der Waals surface area contributed by atoms with Gasteiger partial charge in [-0.2, -0.15) is 4.31 Å². The summed E-state index contributed by atoms with van der Waals surface area (Å²) in [5.41, 5.74) is 2.23. The minimum absolute atomic E-state index is 0.0328. The highest BCUT2D eigenvalue weighted by atomic mass is 32.2. The fourth-order valence-electron chi connectivity index (χ4n) is 3.08. The van der Waals surface area contributed by atoms with Gasteiger partial charge >= 0.3 is 0 Å². The van der Waals surface area contributed by atoms with Crippen LogP contribution in [0.2, 0.25) is 0 Å². The molecule has 0 aromatic heterocycles. The Bertz CT molecular complexity index is 941. The van der Waals surface area contributed by atoms with Crippen LogP contribution < -0.4 is 10.6 Å². The number of rotatable bonds is 10. The molecule has 2 aromatic carbocycles. The maximum absolute atomic E-state index is 12.6. The number of nitro benzene ring substituents is 1. The van der Waals surface area contributed by atoms with Crippen LogP contribution in [0.25, 0.3) is 0 Å². The molecule has 8 nitrogen and oxygen atoms in total. The maximum atomic E-state index is 12.6. The van der Waals surface area contributed by atoms with Crippen molar-refractivity contribution in [3.8, 4) is 0 Å². The van der Waals surface area contributed by atoms with Crippen molar-refractivity contribution in [3.05, 3.63) is 63.7 Å². The summed E-state index contributed by atoms with van der Waals surface area (Å²) in [5, 5.41) is 17.3. The van der Waals surface area contributed by atoms with Gasteiger partial charge in [0.1, 0.15) is 5.69 Å². The summed E-state index contributed by atoms with van der Waals surface area (Å²) in [6.45, 7) is 6.90. The Morgan fingerprint density at radius 3 is 2.24 bits per heavy atom. The fourth-order valence-corrected chi connectivity index (χ4v) is 4.54. The van der Waals surface area contributed by atoms with Gasteiger partial charge in [-0.3, -0.25) is 10.1 Å². The van der Waals surface area contributed by atoms with E-state index in [0.717, 1.165) is 11.1 Å². The van der Waals surface area contributed by atoms with Crippen molar-refractivity contribution < 1.29 is 13.3 Å². The molecular formula is C20H28N4O4S. The van der Waals surface area contributed by atoms with E-state index >= 15 is 0 Å². The lowest BCUT2D eigenvalue weighted by Gasteiger charge is -2.19. The SMILES string of the molecule is CCN(CC)S(=O)(=O)c1ccc(C(C)NCc2ccc(NC)c([N+](=O)[O-])c2)cc1. The van der Waals surface area contributed by atoms with Crippen LogP contribution >= 0.6 is 0 Å². The molecule has 1 unspecified atom stereocenters. The molecule has 9 heteroatoms. The molecule has 0 saturated carbocycles. The molecule has 2 N–H and O–H groups in total. The van der Waals surface area contributed by atoms with Gasteiger partial charge in [0, 0.05) is 38.8 Å². The highest BCUT2D eigenvalue weighted by Gasteiger charge is 2.21. The van der Waals surface area contributed by atoms with E-state index in [1.807, 2.05) is 26.8 Å². The summed E-state index contributed by atoms with van der Waals surface area (Å²) >= 11 is 0. The molecule has 0 aliphatic heterocycles. The molecule has 0 heterocycles. The first kappa shape index (κ1) is 22.8. The van der Waals surface area contributed by atoms with E-state index in [1.54, 1.807) is 43.4 Å². The molecular weight excluding hydrogens is 392 g/mol. The summed E-state index contributed by atoms with van der Waals surface area (Å²) in [6.07, 6.45) is 0. The largest absolute Gasteiger partial charge is 0.383 e. The predicted octanol–water partition coefficient (Wildman–Crippen LogP) is 3.52. The van der Waals surface area contributed by atoms with Crippen molar-refractivity contribution in [1.29, 1.82) is 0 Å². The standard InChI is InChI=1S/C20H28N4O4S/c1-5-23(6-2)29(27,28)18-10-8-17(9-11-18)15(3)22-14-16-7-12-19(21-4)20(13-16)24(25)26/h7-13,15,21-22H,5-6,14H2,1-4H3. The Morgan fingerprint density at radius 1 is 1.10 bits per heavy atom. The van der Waals surface area contributed by atoms with Crippen molar-refractivity contribution in [3.63, 3.8) is 0 Å². The normalized spacial score (nSPS) is 12.7. The number of anilines is 1. The van der Waals surface area contributed by atoms with Crippen molar-refractivity contribution in [2.24, 2.45) is 0 Å². The zero-order chi connectivity index (χ0) is 21.6. The zero-order valence-electron chi connectivity index (χ0n) is 17.2. The lowest BCUT2D eigenvalue weighted by atomic mass is 10.1. The van der Waals surface area contributed by atoms with E-state index < -0.39 is 14.9 Å². The Labute approximate surface area is 172 Å². The number of hydrogen-bond donors (Lipinski definition) is 2. The van der Waals surface area contributed by atoms with Crippen LogP contribution in [-0.2, 0) is 16.6 Å². The summed E-state index contributed by atoms with van der Waals surface area (Å²) in [7, 11) is -1.83. The van der Waals surface area contributed by atoms with Crippen LogP contribution in [-0.4, -0.2) is 37.8 Å². The highest BCUT2D eigenvalue weighted by molar-refractivity contribution is 7.89. The van der Waals surface area contributed by atoms with E-state index in [1.165, 1.54) is 4.31 Å². The van der Waals surface area contributed by atoms with E-state index in [4.69, 9.17) is 0 Å². The van der Waals surface area contributed by atoms with Gasteiger partial charge in [0.05, 0.1) is 9.82 Å². The van der Waals surface area contributed by atoms with Crippen molar-refractivity contribution >= 4 is 21.4 Å². The van der Waals surface area contributed by atoms with Crippen LogP contribution in [0, 0.1) is 10.1 Å². The molecule has 0 radical (unpaired) electrons. The molecule has 2 rings (SSSR count). The van der Waals surface area contributed by atoms with Crippen LogP contribution in [0.5, 0.6) is 0 Å². The zero-order valence-corrected chi connectivity index (χ0v) is 18.0. The molecule has 0 saturated heterocycles. The van der Waals surface area contributed by atoms with Crippen LogP contribution in [0.4, 0.5) is 11.4 Å². The van der Waals surface area contributed by atoms with Crippen LogP contribution in [0.3, 0.4) is 0 Å². The molecule has 158 valence electrons. The molecule has 0 bridgehead atoms. The van der Waals surface area contributed by atoms with Gasteiger partial charge in [-0.15, -0.1) is 0 Å². The van der Waals surface area contributed by atoms with E-state index in [-0.39, 0.29) is 16.6 Å². The molecule has 1 atom stereocenters. The number of benzene rings is 2. The van der Waals surface area contributed by atoms with Crippen molar-refractivity contribution in [2.45, 2.75) is 38.3 Å². The third kappa shape index (κ3) is 5.31. The second-order valence-electron chi connectivity index (χ2n) is 6.62. The van der Waals surface area contributed by atoms with Gasteiger partial charge in [0.2, 0.25) is 10.0 Å². The van der Waals surface area contributed by atoms with Gasteiger partial charge in [-0.25, -0.2) is 8.42 Å². The monoisotopic (exact) mass is 420 g/mol. The summed E-state index contributed by atoms with van der Waals surface area (Å²) < 4.78 is 26.6. The van der Waals surface area contributed by atoms with Crippen molar-refractivity contribution in [2.75, 3.05) is 25.5 Å². The second kappa shape index (κ2) is 9.82. The predicted molar refractivity (Wildman–Crippen MR) is 114 cm³/mol. The molecule has 29 heavy (non-hydrogen) atoms. The number of nitrogens with zero attached hydrogens (tertiary/aromatic N) is 2. The van der Waals surface area contributed by atoms with Crippen molar-refractivity contribution in [1.82, 2.24) is 9.62 Å². The van der Waals surface area contributed by atoms with Crippen LogP contribution in [0.15, 0.2) is 47.4 Å². The lowest BCUT2D eigenvalue weighted by Crippen LogP contribution is -2.30. The first-order chi connectivity index (χ1) is 13.7. The Hall–Kier alpha value is -2.49. The molecule has 0 aliphatic carbocycles. The van der Waals surface area contributed by atoms with Gasteiger partial charge < -0.3 is 10.6 Å². The van der Waals surface area contributed by atoms with Crippen LogP contribution in [0.1, 0.15) is 37.9 Å². The summed E-state index contributed by atoms with van der Waals surface area (Å²) in [6, 6.07) is 11.8. The highest BCUT2D eigenvalue weighted by Crippen LogP contribution is 2.25. The molecule has 2 aromatic rings. The third-order valence-corrected chi connectivity index (χ3v) is 6.93. The average Bonchev–Trinajstić information content (AvgIpc) is 2.72. The van der Waals surface area contributed by atoms with E-state index in [2.05, 4.69) is 10.6 Å². The van der Waals surface area contributed by atoms with Gasteiger partial charge in [-0.1, -0.05) is 32.0 Å². The average molecular weight is 421 g/mol. The van der Waals surface area contributed by atoms with Gasteiger partial charge in [0.25, 0.3) is 5.69 Å². The molecule has 0 aliphatic rings. The molecule has 0 fully saturated rings. The third-order valence-electron chi connectivity index (χ3n) is 4.86. The fraction of sp³-hybridized carbons (Fsp3) is 0.400. The quantitative estimate of drug-likeness (QED) is 0.450. The van der Waals surface area contributed by atoms with E-state index in [0.29, 0.717) is 25.3 Å². The maximum Gasteiger partial charge on any atom is 0.292 e. The minimum atomic E-state index is -3.48. The number of hydrogen-bond acceptors (Lipinski definition) is 6. The topological polar surface area (TPSA) is 105 Å². The Balaban J connectivity index is 2.09. The Kier molecular flexibility index (Phi) is 7.72. The summed E-state index contributed by atoms with van der Waals surface area (Å²) in [4.78, 5) is 11.1. The minimum Gasteiger partial charge on any atom is -0.383 e. The van der Waals surface area contributed by atoms with Gasteiger partial charge in [-0.05, 0) is 36.2 Å². The second-order valence-corrected chi connectivity index (χ2v) is 8.56. The first-order valence-electron chi connectivity index (χ1n) is 9.53. The number of nitrogens with one attached hydrogen (secondary N) is 2. The van der Waals surface area contributed by atoms with E-state index in [9.17, 15) is 18.5 Å². The smallest absolute Gasteiger partial charge is 0.292 e. The van der Waals surface area contributed by atoms with Gasteiger partial charge in [0.15, 0.2) is 0 Å².